The number of ether oxygens (including phenoxy) is 2. The predicted octanol–water partition coefficient (Wildman–Crippen LogP) is 2.59. The molecule has 0 saturated carbocycles. The van der Waals surface area contributed by atoms with Crippen molar-refractivity contribution in [2.75, 3.05) is 14.2 Å². The lowest BCUT2D eigenvalue weighted by Crippen LogP contribution is -2.06. The Morgan fingerprint density at radius 2 is 2.11 bits per heavy atom. The van der Waals surface area contributed by atoms with Gasteiger partial charge in [0.2, 0.25) is 0 Å². The second-order valence-corrected chi connectivity index (χ2v) is 3.87. The summed E-state index contributed by atoms with van der Waals surface area (Å²) in [5.41, 5.74) is 2.14. The van der Waals surface area contributed by atoms with Crippen LogP contribution in [0.1, 0.15) is 23.0 Å². The van der Waals surface area contributed by atoms with Crippen molar-refractivity contribution in [3.8, 4) is 5.75 Å². The number of carbonyl (C=O) groups excluding carboxylic acids is 1. The maximum atomic E-state index is 11.6. The lowest BCUT2D eigenvalue weighted by molar-refractivity contribution is 0.0594. The third kappa shape index (κ3) is 2.01. The van der Waals surface area contributed by atoms with E-state index < -0.39 is 5.97 Å². The van der Waals surface area contributed by atoms with Gasteiger partial charge in [-0.3, -0.25) is 0 Å². The molecule has 1 heterocycles. The Balaban J connectivity index is 2.76. The number of methoxy groups -OCH3 is 2. The lowest BCUT2D eigenvalue weighted by atomic mass is 10.1. The van der Waals surface area contributed by atoms with Crippen LogP contribution in [0, 0.1) is 0 Å². The van der Waals surface area contributed by atoms with Gasteiger partial charge in [-0.2, -0.15) is 0 Å². The number of hydrogen-bond acceptors (Lipinski definition) is 4. The Kier molecular flexibility index (Phi) is 3.46. The summed E-state index contributed by atoms with van der Waals surface area (Å²) in [7, 11) is 2.92. The molecule has 2 rings (SSSR count). The number of para-hydroxylation sites is 1. The lowest BCUT2D eigenvalue weighted by Gasteiger charge is -2.10. The number of hydrogen-bond donors (Lipinski definition) is 0. The highest BCUT2D eigenvalue weighted by Crippen LogP contribution is 2.28. The maximum absolute atomic E-state index is 11.6. The molecular weight excluding hydrogens is 230 g/mol. The first-order valence-corrected chi connectivity index (χ1v) is 5.76. The first-order valence-electron chi connectivity index (χ1n) is 5.76. The molecule has 2 aromatic rings. The van der Waals surface area contributed by atoms with E-state index in [2.05, 4.69) is 4.98 Å². The number of carbonyl (C=O) groups is 1. The van der Waals surface area contributed by atoms with E-state index in [4.69, 9.17) is 9.47 Å². The number of aromatic nitrogens is 1. The van der Waals surface area contributed by atoms with Crippen LogP contribution in [-0.2, 0) is 11.2 Å². The van der Waals surface area contributed by atoms with Crippen LogP contribution in [0.15, 0.2) is 24.3 Å². The van der Waals surface area contributed by atoms with Crippen molar-refractivity contribution in [3.05, 3.63) is 35.5 Å². The summed E-state index contributed by atoms with van der Waals surface area (Å²) in [6.07, 6.45) is 0.845. The number of aryl methyl sites for hydroxylation is 1. The van der Waals surface area contributed by atoms with Gasteiger partial charge in [0, 0.05) is 11.5 Å². The smallest absolute Gasteiger partial charge is 0.356 e. The van der Waals surface area contributed by atoms with Gasteiger partial charge < -0.3 is 9.47 Å². The van der Waals surface area contributed by atoms with Gasteiger partial charge in [0.15, 0.2) is 5.69 Å². The van der Waals surface area contributed by atoms with Crippen LogP contribution >= 0.6 is 0 Å². The fourth-order valence-corrected chi connectivity index (χ4v) is 1.94. The number of benzene rings is 1. The van der Waals surface area contributed by atoms with Crippen LogP contribution in [0.25, 0.3) is 10.9 Å². The first-order chi connectivity index (χ1) is 8.71. The van der Waals surface area contributed by atoms with Crippen LogP contribution in [0.2, 0.25) is 0 Å². The molecule has 0 spiro atoms. The summed E-state index contributed by atoms with van der Waals surface area (Å²) < 4.78 is 10.0. The highest BCUT2D eigenvalue weighted by atomic mass is 16.5. The van der Waals surface area contributed by atoms with Crippen molar-refractivity contribution in [2.45, 2.75) is 13.3 Å². The quantitative estimate of drug-likeness (QED) is 0.780. The minimum Gasteiger partial charge on any atom is -0.496 e. The van der Waals surface area contributed by atoms with Crippen LogP contribution in [0.4, 0.5) is 0 Å². The van der Waals surface area contributed by atoms with Gasteiger partial charge in [-0.05, 0) is 18.1 Å². The average Bonchev–Trinajstić information content (AvgIpc) is 2.44. The second kappa shape index (κ2) is 5.04. The Hall–Kier alpha value is -2.10. The molecule has 0 radical (unpaired) electrons. The third-order valence-corrected chi connectivity index (χ3v) is 2.88. The van der Waals surface area contributed by atoms with Crippen LogP contribution in [-0.4, -0.2) is 25.2 Å². The summed E-state index contributed by atoms with van der Waals surface area (Å²) in [6.45, 7) is 2.05. The number of esters is 1. The van der Waals surface area contributed by atoms with E-state index in [0.717, 1.165) is 22.9 Å². The topological polar surface area (TPSA) is 48.4 Å². The first kappa shape index (κ1) is 12.4. The molecular formula is C14H15NO3. The van der Waals surface area contributed by atoms with Crippen LogP contribution in [0.5, 0.6) is 5.75 Å². The Morgan fingerprint density at radius 1 is 1.33 bits per heavy atom. The van der Waals surface area contributed by atoms with E-state index in [-0.39, 0.29) is 5.69 Å². The second-order valence-electron chi connectivity index (χ2n) is 3.87. The van der Waals surface area contributed by atoms with E-state index in [9.17, 15) is 4.79 Å². The normalized spacial score (nSPS) is 10.4. The monoisotopic (exact) mass is 245 g/mol. The van der Waals surface area contributed by atoms with Crippen LogP contribution in [0.3, 0.4) is 0 Å². The minimum absolute atomic E-state index is 0.266. The van der Waals surface area contributed by atoms with Crippen molar-refractivity contribution in [1.82, 2.24) is 4.98 Å². The fraction of sp³-hybridized carbons (Fsp3) is 0.286. The van der Waals surface area contributed by atoms with Gasteiger partial charge in [0.1, 0.15) is 5.75 Å². The fourth-order valence-electron chi connectivity index (χ4n) is 1.94. The van der Waals surface area contributed by atoms with Gasteiger partial charge >= 0.3 is 5.97 Å². The van der Waals surface area contributed by atoms with E-state index in [1.54, 1.807) is 13.2 Å². The molecule has 0 aliphatic rings. The molecule has 0 atom stereocenters. The minimum atomic E-state index is -0.457. The molecule has 1 aromatic heterocycles. The van der Waals surface area contributed by atoms with E-state index >= 15 is 0 Å². The predicted molar refractivity (Wildman–Crippen MR) is 69.0 cm³/mol. The molecule has 0 saturated heterocycles. The molecule has 0 unspecified atom stereocenters. The Labute approximate surface area is 106 Å². The molecule has 94 valence electrons. The molecule has 1 aromatic carbocycles. The Bertz CT molecular complexity index is 593. The van der Waals surface area contributed by atoms with E-state index in [0.29, 0.717) is 5.75 Å². The number of pyridine rings is 1. The van der Waals surface area contributed by atoms with Crippen molar-refractivity contribution in [1.29, 1.82) is 0 Å². The number of rotatable bonds is 3. The molecule has 4 heteroatoms. The summed E-state index contributed by atoms with van der Waals surface area (Å²) in [5.74, 6) is 0.178. The Morgan fingerprint density at radius 3 is 2.72 bits per heavy atom. The maximum Gasteiger partial charge on any atom is 0.356 e. The summed E-state index contributed by atoms with van der Waals surface area (Å²) in [6, 6.07) is 7.49. The van der Waals surface area contributed by atoms with E-state index in [1.165, 1.54) is 7.11 Å². The highest BCUT2D eigenvalue weighted by Gasteiger charge is 2.14. The number of fused-ring (bicyclic) bond motifs is 1. The summed E-state index contributed by atoms with van der Waals surface area (Å²) in [4.78, 5) is 16.0. The van der Waals surface area contributed by atoms with Crippen LogP contribution < -0.4 is 4.74 Å². The molecule has 0 amide bonds. The van der Waals surface area contributed by atoms with Crippen molar-refractivity contribution >= 4 is 16.9 Å². The SMILES string of the molecule is CCc1cccc2c(OC)cc(C(=O)OC)nc12. The standard InChI is InChI=1S/C14H15NO3/c1-4-9-6-5-7-10-12(17-2)8-11(14(16)18-3)15-13(9)10/h5-8H,4H2,1-3H3. The van der Waals surface area contributed by atoms with Crippen molar-refractivity contribution < 1.29 is 14.3 Å². The van der Waals surface area contributed by atoms with Crippen molar-refractivity contribution in [2.24, 2.45) is 0 Å². The van der Waals surface area contributed by atoms with Gasteiger partial charge in [-0.15, -0.1) is 0 Å². The molecule has 0 bridgehead atoms. The zero-order valence-electron chi connectivity index (χ0n) is 10.7. The molecule has 4 nitrogen and oxygen atoms in total. The highest BCUT2D eigenvalue weighted by molar-refractivity contribution is 5.95. The molecule has 0 aliphatic heterocycles. The molecule has 0 N–H and O–H groups in total. The molecule has 0 fully saturated rings. The van der Waals surface area contributed by atoms with Gasteiger partial charge in [0.25, 0.3) is 0 Å². The molecule has 0 aliphatic carbocycles. The summed E-state index contributed by atoms with van der Waals surface area (Å²) in [5, 5.41) is 0.907. The number of nitrogens with zero attached hydrogens (tertiary/aromatic N) is 1. The van der Waals surface area contributed by atoms with Gasteiger partial charge in [0.05, 0.1) is 19.7 Å². The van der Waals surface area contributed by atoms with Crippen molar-refractivity contribution in [3.63, 3.8) is 0 Å². The van der Waals surface area contributed by atoms with E-state index in [1.807, 2.05) is 25.1 Å². The zero-order valence-corrected chi connectivity index (χ0v) is 10.7. The van der Waals surface area contributed by atoms with Gasteiger partial charge in [-0.1, -0.05) is 19.1 Å². The molecule has 18 heavy (non-hydrogen) atoms. The summed E-state index contributed by atoms with van der Waals surface area (Å²) >= 11 is 0. The largest absolute Gasteiger partial charge is 0.496 e. The zero-order chi connectivity index (χ0) is 13.1. The van der Waals surface area contributed by atoms with Gasteiger partial charge in [-0.25, -0.2) is 9.78 Å². The third-order valence-electron chi connectivity index (χ3n) is 2.88. The average molecular weight is 245 g/mol.